The summed E-state index contributed by atoms with van der Waals surface area (Å²) < 4.78 is 17.4. The normalized spacial score (nSPS) is 11.4. The number of carbonyl (C=O) groups excluding carboxylic acids is 1. The van der Waals surface area contributed by atoms with Crippen LogP contribution in [0.4, 0.5) is 10.1 Å². The third-order valence-corrected chi connectivity index (χ3v) is 2.08. The van der Waals surface area contributed by atoms with E-state index in [2.05, 4.69) is 5.32 Å². The number of halogens is 1. The van der Waals surface area contributed by atoms with Crippen LogP contribution in [-0.4, -0.2) is 19.1 Å². The second kappa shape index (κ2) is 6.48. The molecule has 1 atom stereocenters. The van der Waals surface area contributed by atoms with Crippen LogP contribution in [0.3, 0.4) is 0 Å². The van der Waals surface area contributed by atoms with E-state index in [4.69, 9.17) is 10.00 Å². The van der Waals surface area contributed by atoms with E-state index in [0.29, 0.717) is 5.69 Å². The molecule has 1 aromatic rings. The number of nitrogens with zero attached hydrogens (tertiary/aromatic N) is 1. The van der Waals surface area contributed by atoms with Gasteiger partial charge in [0.05, 0.1) is 12.7 Å². The number of ether oxygens (including phenoxy) is 1. The van der Waals surface area contributed by atoms with Gasteiger partial charge in [0.25, 0.3) is 0 Å². The maximum atomic E-state index is 12.6. The summed E-state index contributed by atoms with van der Waals surface area (Å²) in [4.78, 5) is 11.3. The highest BCUT2D eigenvalue weighted by Crippen LogP contribution is 2.09. The molecule has 0 radical (unpaired) electrons. The summed E-state index contributed by atoms with van der Waals surface area (Å²) in [6, 6.07) is 7.53. The van der Waals surface area contributed by atoms with Crippen LogP contribution in [0.15, 0.2) is 24.3 Å². The fraction of sp³-hybridized carbons (Fsp3) is 0.333. The van der Waals surface area contributed by atoms with Crippen LogP contribution in [0.1, 0.15) is 6.92 Å². The van der Waals surface area contributed by atoms with E-state index in [1.54, 1.807) is 6.92 Å². The van der Waals surface area contributed by atoms with Gasteiger partial charge in [-0.1, -0.05) is 0 Å². The highest BCUT2D eigenvalue weighted by atomic mass is 19.1. The maximum absolute atomic E-state index is 12.6. The molecule has 0 aliphatic carbocycles. The van der Waals surface area contributed by atoms with Crippen molar-refractivity contribution in [3.8, 4) is 6.07 Å². The Bertz CT molecular complexity index is 412. The van der Waals surface area contributed by atoms with Crippen molar-refractivity contribution in [3.05, 3.63) is 30.1 Å². The number of anilines is 1. The van der Waals surface area contributed by atoms with Crippen molar-refractivity contribution < 1.29 is 13.9 Å². The van der Waals surface area contributed by atoms with E-state index in [9.17, 15) is 9.18 Å². The molecule has 0 amide bonds. The van der Waals surface area contributed by atoms with E-state index < -0.39 is 11.9 Å². The van der Waals surface area contributed by atoms with E-state index >= 15 is 0 Å². The van der Waals surface area contributed by atoms with Gasteiger partial charge in [0.1, 0.15) is 5.82 Å². The minimum Gasteiger partial charge on any atom is -0.465 e. The summed E-state index contributed by atoms with van der Waals surface area (Å²) in [5, 5.41) is 11.7. The molecule has 1 aromatic carbocycles. The Morgan fingerprint density at radius 1 is 1.53 bits per heavy atom. The minimum atomic E-state index is -0.861. The molecule has 0 unspecified atom stereocenters. The fourth-order valence-electron chi connectivity index (χ4n) is 1.21. The number of esters is 1. The molecule has 4 nitrogen and oxygen atoms in total. The zero-order valence-corrected chi connectivity index (χ0v) is 9.44. The highest BCUT2D eigenvalue weighted by Gasteiger charge is 2.18. The average molecular weight is 236 g/mol. The third-order valence-electron chi connectivity index (χ3n) is 2.08. The van der Waals surface area contributed by atoms with Crippen LogP contribution >= 0.6 is 0 Å². The molecule has 0 bridgehead atoms. The molecule has 90 valence electrons. The van der Waals surface area contributed by atoms with Gasteiger partial charge in [-0.25, -0.2) is 4.39 Å². The Morgan fingerprint density at radius 3 is 2.71 bits per heavy atom. The largest absolute Gasteiger partial charge is 0.465 e. The molecule has 0 aliphatic rings. The van der Waals surface area contributed by atoms with Crippen LogP contribution in [0.25, 0.3) is 0 Å². The first-order valence-corrected chi connectivity index (χ1v) is 5.23. The Kier molecular flexibility index (Phi) is 4.95. The lowest BCUT2D eigenvalue weighted by Gasteiger charge is -2.10. The van der Waals surface area contributed by atoms with Crippen LogP contribution in [0.5, 0.6) is 0 Å². The van der Waals surface area contributed by atoms with Crippen molar-refractivity contribution in [2.24, 2.45) is 5.92 Å². The SMILES string of the molecule is CCOC(=O)[C@H](C#N)CNc1ccc(F)cc1. The van der Waals surface area contributed by atoms with Crippen LogP contribution in [-0.2, 0) is 9.53 Å². The Balaban J connectivity index is 2.51. The predicted molar refractivity (Wildman–Crippen MR) is 60.6 cm³/mol. The summed E-state index contributed by atoms with van der Waals surface area (Å²) in [5.41, 5.74) is 0.649. The lowest BCUT2D eigenvalue weighted by atomic mass is 10.1. The minimum absolute atomic E-state index is 0.140. The molecule has 0 fully saturated rings. The van der Waals surface area contributed by atoms with E-state index in [-0.39, 0.29) is 19.0 Å². The molecule has 1 rings (SSSR count). The zero-order chi connectivity index (χ0) is 12.7. The van der Waals surface area contributed by atoms with Gasteiger partial charge in [0.2, 0.25) is 0 Å². The topological polar surface area (TPSA) is 62.1 Å². The van der Waals surface area contributed by atoms with Gasteiger partial charge in [0, 0.05) is 12.2 Å². The molecule has 0 aromatic heterocycles. The quantitative estimate of drug-likeness (QED) is 0.793. The van der Waals surface area contributed by atoms with Crippen LogP contribution in [0, 0.1) is 23.1 Å². The molecular weight excluding hydrogens is 223 g/mol. The molecule has 17 heavy (non-hydrogen) atoms. The zero-order valence-electron chi connectivity index (χ0n) is 9.44. The monoisotopic (exact) mass is 236 g/mol. The Labute approximate surface area is 99.0 Å². The first kappa shape index (κ1) is 13.0. The number of hydrogen-bond donors (Lipinski definition) is 1. The number of benzene rings is 1. The molecule has 0 saturated carbocycles. The Morgan fingerprint density at radius 2 is 2.18 bits per heavy atom. The number of nitriles is 1. The third kappa shape index (κ3) is 4.11. The van der Waals surface area contributed by atoms with Crippen molar-refractivity contribution in [2.75, 3.05) is 18.5 Å². The van der Waals surface area contributed by atoms with Gasteiger partial charge < -0.3 is 10.1 Å². The van der Waals surface area contributed by atoms with Gasteiger partial charge >= 0.3 is 5.97 Å². The molecule has 0 aliphatic heterocycles. The van der Waals surface area contributed by atoms with E-state index in [0.717, 1.165) is 0 Å². The van der Waals surface area contributed by atoms with Crippen LogP contribution in [0.2, 0.25) is 0 Å². The highest BCUT2D eigenvalue weighted by molar-refractivity contribution is 5.76. The predicted octanol–water partition coefficient (Wildman–Crippen LogP) is 1.94. The van der Waals surface area contributed by atoms with Gasteiger partial charge in [-0.05, 0) is 31.2 Å². The van der Waals surface area contributed by atoms with Crippen LogP contribution < -0.4 is 5.32 Å². The molecule has 5 heteroatoms. The summed E-state index contributed by atoms with van der Waals surface area (Å²) in [5.74, 6) is -1.75. The van der Waals surface area contributed by atoms with E-state index in [1.807, 2.05) is 6.07 Å². The standard InChI is InChI=1S/C12H13FN2O2/c1-2-17-12(16)9(7-14)8-15-11-5-3-10(13)4-6-11/h3-6,9,15H,2,8H2,1H3/t9-/m1/s1. The molecule has 0 heterocycles. The summed E-state index contributed by atoms with van der Waals surface area (Å²) in [6.07, 6.45) is 0. The van der Waals surface area contributed by atoms with Crippen molar-refractivity contribution in [1.29, 1.82) is 5.26 Å². The van der Waals surface area contributed by atoms with Crippen molar-refractivity contribution >= 4 is 11.7 Å². The smallest absolute Gasteiger partial charge is 0.325 e. The van der Waals surface area contributed by atoms with Crippen molar-refractivity contribution in [1.82, 2.24) is 0 Å². The van der Waals surface area contributed by atoms with Gasteiger partial charge in [-0.2, -0.15) is 5.26 Å². The fourth-order valence-corrected chi connectivity index (χ4v) is 1.21. The average Bonchev–Trinajstić information content (AvgIpc) is 2.32. The van der Waals surface area contributed by atoms with Crippen molar-refractivity contribution in [2.45, 2.75) is 6.92 Å². The van der Waals surface area contributed by atoms with Gasteiger partial charge in [0.15, 0.2) is 5.92 Å². The Hall–Kier alpha value is -2.09. The summed E-state index contributed by atoms with van der Waals surface area (Å²) in [6.45, 7) is 2.06. The summed E-state index contributed by atoms with van der Waals surface area (Å²) in [7, 11) is 0. The first-order valence-electron chi connectivity index (χ1n) is 5.23. The number of rotatable bonds is 5. The molecule has 1 N–H and O–H groups in total. The second-order valence-corrected chi connectivity index (χ2v) is 3.32. The maximum Gasteiger partial charge on any atom is 0.325 e. The lowest BCUT2D eigenvalue weighted by Crippen LogP contribution is -2.23. The van der Waals surface area contributed by atoms with Crippen molar-refractivity contribution in [3.63, 3.8) is 0 Å². The van der Waals surface area contributed by atoms with E-state index in [1.165, 1.54) is 24.3 Å². The number of hydrogen-bond acceptors (Lipinski definition) is 4. The number of nitrogens with one attached hydrogen (secondary N) is 1. The number of carbonyl (C=O) groups is 1. The van der Waals surface area contributed by atoms with Gasteiger partial charge in [-0.15, -0.1) is 0 Å². The molecule has 0 spiro atoms. The van der Waals surface area contributed by atoms with Gasteiger partial charge in [-0.3, -0.25) is 4.79 Å². The molecular formula is C12H13FN2O2. The second-order valence-electron chi connectivity index (χ2n) is 3.32. The first-order chi connectivity index (χ1) is 8.17. The lowest BCUT2D eigenvalue weighted by molar-refractivity contribution is -0.145. The summed E-state index contributed by atoms with van der Waals surface area (Å²) >= 11 is 0. The molecule has 0 saturated heterocycles.